The number of benzene rings is 4. The Morgan fingerprint density at radius 2 is 1.12 bits per heavy atom. The SMILES string of the molecule is [Ir].[c-]1ccccc1-c1ccc2ccccc2n1.[c-]1ccccc1N1C=CN(CCCCN2C=CN(c3[c-]cccc3)[CH-]2)[CH-]1. The van der Waals surface area contributed by atoms with Crippen molar-refractivity contribution >= 4 is 22.3 Å². The zero-order valence-corrected chi connectivity index (χ0v) is 26.1. The summed E-state index contributed by atoms with van der Waals surface area (Å²) in [5.41, 5.74) is 5.17. The molecule has 0 unspecified atom stereocenters. The molecule has 2 aliphatic rings. The van der Waals surface area contributed by atoms with Gasteiger partial charge in [0.25, 0.3) is 0 Å². The molecule has 0 bridgehead atoms. The van der Waals surface area contributed by atoms with Gasteiger partial charge in [0.1, 0.15) is 0 Å². The van der Waals surface area contributed by atoms with E-state index in [2.05, 4.69) is 105 Å². The number of anilines is 2. The first kappa shape index (κ1) is 30.1. The fraction of sp³-hybridized carbons (Fsp3) is 0.108. The predicted octanol–water partition coefficient (Wildman–Crippen LogP) is 7.89. The molecule has 219 valence electrons. The maximum atomic E-state index is 4.61. The average Bonchev–Trinajstić information content (AvgIpc) is 3.75. The maximum Gasteiger partial charge on any atom is 0.0595 e. The van der Waals surface area contributed by atoms with Gasteiger partial charge in [-0.1, -0.05) is 30.3 Å². The van der Waals surface area contributed by atoms with Crippen LogP contribution in [0.3, 0.4) is 0 Å². The Hall–Kier alpha value is -4.38. The van der Waals surface area contributed by atoms with Crippen LogP contribution in [0.1, 0.15) is 12.8 Å². The van der Waals surface area contributed by atoms with Crippen LogP contribution in [0, 0.1) is 31.5 Å². The first-order valence-corrected chi connectivity index (χ1v) is 14.2. The van der Waals surface area contributed by atoms with Crippen LogP contribution in [0.15, 0.2) is 134 Å². The Morgan fingerprint density at radius 3 is 1.67 bits per heavy atom. The van der Waals surface area contributed by atoms with E-state index >= 15 is 0 Å². The van der Waals surface area contributed by atoms with E-state index < -0.39 is 0 Å². The van der Waals surface area contributed by atoms with Crippen molar-refractivity contribution in [3.05, 3.63) is 166 Å². The molecule has 6 heteroatoms. The molecule has 1 radical (unpaired) electrons. The van der Waals surface area contributed by atoms with Gasteiger partial charge in [-0.15, -0.1) is 47.3 Å². The van der Waals surface area contributed by atoms with Crippen molar-refractivity contribution in [1.82, 2.24) is 14.8 Å². The molecule has 0 aliphatic carbocycles. The quantitative estimate of drug-likeness (QED) is 0.119. The second kappa shape index (κ2) is 15.2. The molecule has 7 rings (SSSR count). The zero-order chi connectivity index (χ0) is 28.4. The van der Waals surface area contributed by atoms with Crippen LogP contribution < -0.4 is 9.80 Å². The van der Waals surface area contributed by atoms with Crippen molar-refractivity contribution in [2.45, 2.75) is 12.8 Å². The maximum absolute atomic E-state index is 4.61. The zero-order valence-electron chi connectivity index (χ0n) is 23.8. The van der Waals surface area contributed by atoms with Crippen LogP contribution in [0.5, 0.6) is 0 Å². The molecular formula is C37H32IrN5-5. The van der Waals surface area contributed by atoms with E-state index in [1.807, 2.05) is 84.9 Å². The van der Waals surface area contributed by atoms with Crippen LogP contribution in [0.2, 0.25) is 0 Å². The third kappa shape index (κ3) is 8.13. The van der Waals surface area contributed by atoms with Crippen molar-refractivity contribution in [2.24, 2.45) is 0 Å². The molecule has 0 fully saturated rings. The number of pyridine rings is 1. The summed E-state index contributed by atoms with van der Waals surface area (Å²) in [6.07, 6.45) is 10.7. The van der Waals surface area contributed by atoms with Crippen LogP contribution in [0.25, 0.3) is 22.2 Å². The number of fused-ring (bicyclic) bond motifs is 1. The summed E-state index contributed by atoms with van der Waals surface area (Å²) in [4.78, 5) is 13.3. The van der Waals surface area contributed by atoms with E-state index in [1.165, 1.54) is 5.39 Å². The predicted molar refractivity (Wildman–Crippen MR) is 171 cm³/mol. The van der Waals surface area contributed by atoms with Gasteiger partial charge < -0.3 is 19.6 Å². The number of hydrogen-bond acceptors (Lipinski definition) is 5. The van der Waals surface area contributed by atoms with Crippen molar-refractivity contribution < 1.29 is 20.1 Å². The molecule has 5 aromatic rings. The van der Waals surface area contributed by atoms with Gasteiger partial charge in [0.15, 0.2) is 0 Å². The molecule has 0 saturated carbocycles. The summed E-state index contributed by atoms with van der Waals surface area (Å²) >= 11 is 0. The minimum absolute atomic E-state index is 0. The van der Waals surface area contributed by atoms with Gasteiger partial charge in [-0.3, -0.25) is 4.98 Å². The van der Waals surface area contributed by atoms with Crippen molar-refractivity contribution in [3.63, 3.8) is 0 Å². The molecule has 0 spiro atoms. The molecule has 0 N–H and O–H groups in total. The van der Waals surface area contributed by atoms with Gasteiger partial charge in [-0.05, 0) is 67.9 Å². The molecule has 4 aromatic carbocycles. The molecular weight excluding hydrogens is 707 g/mol. The van der Waals surface area contributed by atoms with Crippen LogP contribution in [-0.4, -0.2) is 27.9 Å². The molecule has 43 heavy (non-hydrogen) atoms. The van der Waals surface area contributed by atoms with Gasteiger partial charge in [0, 0.05) is 20.1 Å². The Morgan fingerprint density at radius 1 is 0.558 bits per heavy atom. The summed E-state index contributed by atoms with van der Waals surface area (Å²) in [6, 6.07) is 45.9. The smallest absolute Gasteiger partial charge is 0.0595 e. The number of unbranched alkanes of at least 4 members (excludes halogenated alkanes) is 1. The third-order valence-corrected chi connectivity index (χ3v) is 6.99. The number of rotatable bonds is 8. The fourth-order valence-electron chi connectivity index (χ4n) is 4.78. The summed E-state index contributed by atoms with van der Waals surface area (Å²) in [6.45, 7) is 6.29. The number of aromatic nitrogens is 1. The van der Waals surface area contributed by atoms with Crippen molar-refractivity contribution in [3.8, 4) is 11.3 Å². The first-order valence-electron chi connectivity index (χ1n) is 14.2. The van der Waals surface area contributed by atoms with E-state index in [9.17, 15) is 0 Å². The van der Waals surface area contributed by atoms with Crippen LogP contribution in [0.4, 0.5) is 11.4 Å². The Balaban J connectivity index is 0.000000186. The summed E-state index contributed by atoms with van der Waals surface area (Å²) in [5, 5.41) is 1.17. The Labute approximate surface area is 268 Å². The summed E-state index contributed by atoms with van der Waals surface area (Å²) in [5.74, 6) is 0. The molecule has 2 aliphatic heterocycles. The number of hydrogen-bond donors (Lipinski definition) is 0. The monoisotopic (exact) mass is 739 g/mol. The second-order valence-electron chi connectivity index (χ2n) is 9.99. The molecule has 1 aromatic heterocycles. The summed E-state index contributed by atoms with van der Waals surface area (Å²) in [7, 11) is 0. The normalized spacial score (nSPS) is 13.7. The van der Waals surface area contributed by atoms with E-state index in [0.717, 1.165) is 54.1 Å². The molecule has 3 heterocycles. The minimum Gasteiger partial charge on any atom is -0.508 e. The van der Waals surface area contributed by atoms with Crippen LogP contribution in [-0.2, 0) is 20.1 Å². The van der Waals surface area contributed by atoms with Crippen molar-refractivity contribution in [2.75, 3.05) is 22.9 Å². The van der Waals surface area contributed by atoms with E-state index in [0.29, 0.717) is 0 Å². The van der Waals surface area contributed by atoms with Crippen molar-refractivity contribution in [1.29, 1.82) is 0 Å². The number of nitrogens with zero attached hydrogens (tertiary/aromatic N) is 5. The minimum atomic E-state index is 0. The van der Waals surface area contributed by atoms with Gasteiger partial charge in [0.05, 0.1) is 5.52 Å². The standard InChI is InChI=1S/C22H22N4.C15H10N.Ir/c1-3-9-21(10-4-1)25-17-15-23(19-25)13-7-8-14-24-16-18-26(20-24)22-11-5-2-6-12-22;1-2-6-12(7-3-1)15-11-10-13-8-4-5-9-14(13)16-15;/h1-6,9,11,15-20H,7-8,13-14H2;1-6,8-11H;/q-4;-1;. The van der Waals surface area contributed by atoms with E-state index in [-0.39, 0.29) is 20.1 Å². The molecule has 5 nitrogen and oxygen atoms in total. The largest absolute Gasteiger partial charge is 0.508 e. The van der Waals surface area contributed by atoms with Gasteiger partial charge in [-0.2, -0.15) is 74.0 Å². The molecule has 0 amide bonds. The first-order chi connectivity index (χ1) is 20.8. The molecule has 0 saturated heterocycles. The molecule has 0 atom stereocenters. The topological polar surface area (TPSA) is 25.9 Å². The van der Waals surface area contributed by atoms with E-state index in [1.54, 1.807) is 0 Å². The Bertz CT molecular complexity index is 1540. The second-order valence-corrected chi connectivity index (χ2v) is 9.99. The van der Waals surface area contributed by atoms with E-state index in [4.69, 9.17) is 0 Å². The average molecular weight is 739 g/mol. The number of para-hydroxylation sites is 3. The van der Waals surface area contributed by atoms with Crippen LogP contribution >= 0.6 is 0 Å². The summed E-state index contributed by atoms with van der Waals surface area (Å²) < 4.78 is 0. The fourth-order valence-corrected chi connectivity index (χ4v) is 4.78. The van der Waals surface area contributed by atoms with Gasteiger partial charge in [0.2, 0.25) is 0 Å². The van der Waals surface area contributed by atoms with Gasteiger partial charge in [-0.25, -0.2) is 0 Å². The third-order valence-electron chi connectivity index (χ3n) is 6.99. The van der Waals surface area contributed by atoms with Gasteiger partial charge >= 0.3 is 0 Å². The Kier molecular flexibility index (Phi) is 10.6.